The molecule has 3 rings (SSSR count). The first-order chi connectivity index (χ1) is 13.1. The maximum atomic E-state index is 12.1. The van der Waals surface area contributed by atoms with E-state index in [1.165, 1.54) is 5.56 Å². The van der Waals surface area contributed by atoms with Gasteiger partial charge in [-0.2, -0.15) is 0 Å². The van der Waals surface area contributed by atoms with Gasteiger partial charge in [-0.25, -0.2) is 9.59 Å². The van der Waals surface area contributed by atoms with Gasteiger partial charge in [0, 0.05) is 29.2 Å². The number of para-hydroxylation sites is 1. The molecule has 1 aromatic carbocycles. The van der Waals surface area contributed by atoms with Gasteiger partial charge in [-0.15, -0.1) is 0 Å². The molecule has 27 heavy (non-hydrogen) atoms. The van der Waals surface area contributed by atoms with Gasteiger partial charge in [0.1, 0.15) is 6.04 Å². The third kappa shape index (κ3) is 3.94. The number of hydrogen-bond acceptors (Lipinski definition) is 2. The molecule has 6 heteroatoms. The van der Waals surface area contributed by atoms with Gasteiger partial charge in [-0.3, -0.25) is 0 Å². The molecule has 1 aliphatic rings. The number of carboxylic acids is 1. The molecule has 3 N–H and O–H groups in total. The van der Waals surface area contributed by atoms with E-state index in [4.69, 9.17) is 0 Å². The molecule has 2 atom stereocenters. The number of unbranched alkanes of at least 4 members (excludes halogenated alkanes) is 1. The van der Waals surface area contributed by atoms with Crippen LogP contribution in [0.3, 0.4) is 0 Å². The number of nitrogens with one attached hydrogen (secondary N) is 2. The van der Waals surface area contributed by atoms with Gasteiger partial charge >= 0.3 is 12.0 Å². The SMILES string of the molecule is CCCCNC(=O)N[C@@H]1CCc2c(c3ccccc3n2C(CC)C(=O)O)C1. The highest BCUT2D eigenvalue weighted by Gasteiger charge is 2.30. The van der Waals surface area contributed by atoms with E-state index in [9.17, 15) is 14.7 Å². The largest absolute Gasteiger partial charge is 0.480 e. The van der Waals surface area contributed by atoms with Crippen LogP contribution >= 0.6 is 0 Å². The minimum atomic E-state index is -0.795. The molecule has 1 aromatic heterocycles. The van der Waals surface area contributed by atoms with Crippen LogP contribution in [0.15, 0.2) is 24.3 Å². The van der Waals surface area contributed by atoms with Gasteiger partial charge in [-0.1, -0.05) is 38.5 Å². The van der Waals surface area contributed by atoms with Crippen molar-refractivity contribution >= 4 is 22.9 Å². The Hall–Kier alpha value is -2.50. The second-order valence-electron chi connectivity index (χ2n) is 7.27. The van der Waals surface area contributed by atoms with Gasteiger partial charge in [0.05, 0.1) is 0 Å². The Labute approximate surface area is 159 Å². The average molecular weight is 371 g/mol. The van der Waals surface area contributed by atoms with Crippen LogP contribution < -0.4 is 10.6 Å². The van der Waals surface area contributed by atoms with Crippen LogP contribution in [0, 0.1) is 0 Å². The fourth-order valence-electron chi connectivity index (χ4n) is 4.11. The molecule has 6 nitrogen and oxygen atoms in total. The van der Waals surface area contributed by atoms with Gasteiger partial charge in [0.25, 0.3) is 0 Å². The summed E-state index contributed by atoms with van der Waals surface area (Å²) in [5.74, 6) is -0.795. The molecule has 1 unspecified atom stereocenters. The second-order valence-corrected chi connectivity index (χ2v) is 7.27. The number of rotatable bonds is 7. The number of fused-ring (bicyclic) bond motifs is 3. The summed E-state index contributed by atoms with van der Waals surface area (Å²) < 4.78 is 2.00. The Balaban J connectivity index is 1.86. The van der Waals surface area contributed by atoms with Gasteiger partial charge in [-0.05, 0) is 43.7 Å². The highest BCUT2D eigenvalue weighted by Crippen LogP contribution is 2.35. The Morgan fingerprint density at radius 2 is 2.07 bits per heavy atom. The maximum Gasteiger partial charge on any atom is 0.326 e. The summed E-state index contributed by atoms with van der Waals surface area (Å²) in [6.45, 7) is 4.70. The molecule has 0 saturated carbocycles. The topological polar surface area (TPSA) is 83.4 Å². The standard InChI is InChI=1S/C21H29N3O3/c1-3-5-12-22-21(27)23-14-10-11-19-16(13-14)15-8-6-7-9-18(15)24(19)17(4-2)20(25)26/h6-9,14,17H,3-5,10-13H2,1-2H3,(H,25,26)(H2,22,23,27)/t14-,17?/m1/s1. The number of carbonyl (C=O) groups is 2. The first kappa shape index (κ1) is 19.3. The molecular weight excluding hydrogens is 342 g/mol. The van der Waals surface area contributed by atoms with Crippen molar-refractivity contribution < 1.29 is 14.7 Å². The second kappa shape index (κ2) is 8.46. The normalized spacial score (nSPS) is 17.3. The summed E-state index contributed by atoms with van der Waals surface area (Å²) in [6.07, 6.45) is 4.90. The lowest BCUT2D eigenvalue weighted by Crippen LogP contribution is -2.44. The highest BCUT2D eigenvalue weighted by molar-refractivity contribution is 5.88. The van der Waals surface area contributed by atoms with E-state index in [0.29, 0.717) is 13.0 Å². The molecule has 0 aliphatic heterocycles. The minimum absolute atomic E-state index is 0.0725. The van der Waals surface area contributed by atoms with Gasteiger partial charge in [0.15, 0.2) is 0 Å². The molecule has 2 aromatic rings. The fourth-order valence-corrected chi connectivity index (χ4v) is 4.11. The summed E-state index contributed by atoms with van der Waals surface area (Å²) in [5.41, 5.74) is 3.26. The van der Waals surface area contributed by atoms with Crippen molar-refractivity contribution in [2.45, 2.75) is 64.5 Å². The summed E-state index contributed by atoms with van der Waals surface area (Å²) in [5, 5.41) is 16.8. The smallest absolute Gasteiger partial charge is 0.326 e. The Kier molecular flexibility index (Phi) is 6.04. The molecule has 0 fully saturated rings. The number of aromatic nitrogens is 1. The number of urea groups is 1. The van der Waals surface area contributed by atoms with Gasteiger partial charge in [0.2, 0.25) is 0 Å². The van der Waals surface area contributed by atoms with Crippen molar-refractivity contribution in [1.82, 2.24) is 15.2 Å². The third-order valence-electron chi connectivity index (χ3n) is 5.44. The lowest BCUT2D eigenvalue weighted by molar-refractivity contribution is -0.140. The molecule has 1 heterocycles. The maximum absolute atomic E-state index is 12.1. The quantitative estimate of drug-likeness (QED) is 0.650. The molecule has 0 spiro atoms. The average Bonchev–Trinajstić information content (AvgIpc) is 2.97. The number of aliphatic carboxylic acids is 1. The zero-order valence-corrected chi connectivity index (χ0v) is 16.1. The van der Waals surface area contributed by atoms with Crippen molar-refractivity contribution in [3.05, 3.63) is 35.5 Å². The zero-order valence-electron chi connectivity index (χ0n) is 16.1. The van der Waals surface area contributed by atoms with Crippen molar-refractivity contribution in [3.63, 3.8) is 0 Å². The predicted molar refractivity (Wildman–Crippen MR) is 106 cm³/mol. The van der Waals surface area contributed by atoms with Crippen LogP contribution in [0.4, 0.5) is 4.79 Å². The summed E-state index contributed by atoms with van der Waals surface area (Å²) >= 11 is 0. The lowest BCUT2D eigenvalue weighted by Gasteiger charge is -2.26. The first-order valence-electron chi connectivity index (χ1n) is 9.94. The predicted octanol–water partition coefficient (Wildman–Crippen LogP) is 3.63. The van der Waals surface area contributed by atoms with E-state index in [-0.39, 0.29) is 12.1 Å². The summed E-state index contributed by atoms with van der Waals surface area (Å²) in [4.78, 5) is 23.9. The number of carbonyl (C=O) groups excluding carboxylic acids is 1. The molecule has 0 radical (unpaired) electrons. The van der Waals surface area contributed by atoms with Crippen molar-refractivity contribution in [1.29, 1.82) is 0 Å². The van der Waals surface area contributed by atoms with Crippen molar-refractivity contribution in [2.75, 3.05) is 6.54 Å². The van der Waals surface area contributed by atoms with Crippen molar-refractivity contribution in [3.8, 4) is 0 Å². The zero-order chi connectivity index (χ0) is 19.4. The van der Waals surface area contributed by atoms with E-state index in [0.717, 1.165) is 48.7 Å². The Bertz CT molecular complexity index is 827. The van der Waals surface area contributed by atoms with Crippen LogP contribution in [0.2, 0.25) is 0 Å². The molecule has 1 aliphatic carbocycles. The van der Waals surface area contributed by atoms with E-state index < -0.39 is 12.0 Å². The lowest BCUT2D eigenvalue weighted by atomic mass is 9.91. The number of hydrogen-bond donors (Lipinski definition) is 3. The van der Waals surface area contributed by atoms with Crippen LogP contribution in [0.1, 0.15) is 56.8 Å². The van der Waals surface area contributed by atoms with Crippen LogP contribution in [-0.2, 0) is 17.6 Å². The summed E-state index contributed by atoms with van der Waals surface area (Å²) in [7, 11) is 0. The summed E-state index contributed by atoms with van der Waals surface area (Å²) in [6, 6.07) is 7.41. The van der Waals surface area contributed by atoms with Crippen molar-refractivity contribution in [2.24, 2.45) is 0 Å². The number of nitrogens with zero attached hydrogens (tertiary/aromatic N) is 1. The first-order valence-corrected chi connectivity index (χ1v) is 9.94. The van der Waals surface area contributed by atoms with Gasteiger partial charge < -0.3 is 20.3 Å². The number of amides is 2. The minimum Gasteiger partial charge on any atom is -0.480 e. The number of benzene rings is 1. The van der Waals surface area contributed by atoms with E-state index in [2.05, 4.69) is 23.6 Å². The highest BCUT2D eigenvalue weighted by atomic mass is 16.4. The monoisotopic (exact) mass is 371 g/mol. The van der Waals surface area contributed by atoms with Crippen LogP contribution in [-0.4, -0.2) is 34.3 Å². The van der Waals surface area contributed by atoms with Crippen LogP contribution in [0.5, 0.6) is 0 Å². The molecule has 0 bridgehead atoms. The number of carboxylic acid groups (broad SMARTS) is 1. The molecule has 0 saturated heterocycles. The van der Waals surface area contributed by atoms with E-state index in [1.807, 2.05) is 29.7 Å². The Morgan fingerprint density at radius 3 is 2.78 bits per heavy atom. The fraction of sp³-hybridized carbons (Fsp3) is 0.524. The molecular formula is C21H29N3O3. The third-order valence-corrected chi connectivity index (χ3v) is 5.44. The molecule has 146 valence electrons. The van der Waals surface area contributed by atoms with E-state index in [1.54, 1.807) is 0 Å². The van der Waals surface area contributed by atoms with E-state index >= 15 is 0 Å². The van der Waals surface area contributed by atoms with Crippen LogP contribution in [0.25, 0.3) is 10.9 Å². The molecule has 2 amide bonds. The Morgan fingerprint density at radius 1 is 1.30 bits per heavy atom.